The Kier molecular flexibility index (Phi) is 7.25. The minimum atomic E-state index is -0.536. The fourth-order valence-corrected chi connectivity index (χ4v) is 3.45. The molecule has 6 nitrogen and oxygen atoms in total. The molecule has 27 heavy (non-hydrogen) atoms. The lowest BCUT2D eigenvalue weighted by Crippen LogP contribution is -2.94. The zero-order chi connectivity index (χ0) is 20.0. The predicted molar refractivity (Wildman–Crippen MR) is 103 cm³/mol. The molecule has 0 radical (unpaired) electrons. The van der Waals surface area contributed by atoms with Crippen LogP contribution in [0.25, 0.3) is 0 Å². The van der Waals surface area contributed by atoms with E-state index in [4.69, 9.17) is 9.47 Å². The first kappa shape index (κ1) is 21.2. The third-order valence-electron chi connectivity index (χ3n) is 4.76. The molecule has 0 aliphatic carbocycles. The fourth-order valence-electron chi connectivity index (χ4n) is 3.45. The number of carbonyl (C=O) groups excluding carboxylic acids is 2. The lowest BCUT2D eigenvalue weighted by molar-refractivity contribution is -0.730. The average molecular weight is 378 g/mol. The Morgan fingerprint density at radius 2 is 1.93 bits per heavy atom. The van der Waals surface area contributed by atoms with Crippen molar-refractivity contribution in [1.82, 2.24) is 4.90 Å². The van der Waals surface area contributed by atoms with Gasteiger partial charge in [-0.15, -0.1) is 0 Å². The van der Waals surface area contributed by atoms with Crippen molar-refractivity contribution in [3.63, 3.8) is 0 Å². The molecule has 1 heterocycles. The van der Waals surface area contributed by atoms with Crippen LogP contribution in [-0.2, 0) is 14.3 Å². The summed E-state index contributed by atoms with van der Waals surface area (Å²) in [6.45, 7) is 10.8. The minimum absolute atomic E-state index is 0.0690. The number of piperidine rings is 1. The van der Waals surface area contributed by atoms with Gasteiger partial charge in [0.15, 0.2) is 0 Å². The third-order valence-corrected chi connectivity index (χ3v) is 4.76. The summed E-state index contributed by atoms with van der Waals surface area (Å²) in [4.78, 5) is 26.7. The molecule has 1 amide bonds. The molecule has 1 aromatic carbocycles. The highest BCUT2D eigenvalue weighted by Crippen LogP contribution is 2.21. The lowest BCUT2D eigenvalue weighted by Gasteiger charge is -2.37. The highest BCUT2D eigenvalue weighted by atomic mass is 16.6. The molecular formula is C21H33N2O4+. The van der Waals surface area contributed by atoms with Gasteiger partial charge < -0.3 is 19.7 Å². The minimum Gasteiger partial charge on any atom is -0.466 e. The predicted octanol–water partition coefficient (Wildman–Crippen LogP) is 2.50. The van der Waals surface area contributed by atoms with Crippen LogP contribution in [0.15, 0.2) is 30.3 Å². The quantitative estimate of drug-likeness (QED) is 0.800. The molecule has 0 spiro atoms. The molecule has 0 unspecified atom stereocenters. The van der Waals surface area contributed by atoms with Crippen molar-refractivity contribution in [2.75, 3.05) is 19.7 Å². The van der Waals surface area contributed by atoms with E-state index in [1.165, 1.54) is 5.56 Å². The Bertz CT molecular complexity index is 627. The van der Waals surface area contributed by atoms with Crippen LogP contribution in [0.3, 0.4) is 0 Å². The molecule has 2 rings (SSSR count). The van der Waals surface area contributed by atoms with Gasteiger partial charge in [0.1, 0.15) is 23.6 Å². The van der Waals surface area contributed by atoms with E-state index < -0.39 is 5.60 Å². The van der Waals surface area contributed by atoms with E-state index in [1.54, 1.807) is 4.90 Å². The third kappa shape index (κ3) is 6.24. The topological polar surface area (TPSA) is 72.5 Å². The molecule has 2 N–H and O–H groups in total. The van der Waals surface area contributed by atoms with Crippen LogP contribution in [0.1, 0.15) is 52.6 Å². The van der Waals surface area contributed by atoms with Gasteiger partial charge in [-0.2, -0.15) is 0 Å². The van der Waals surface area contributed by atoms with Gasteiger partial charge in [0, 0.05) is 12.1 Å². The second kappa shape index (κ2) is 9.22. The number of hydrogen-bond donors (Lipinski definition) is 1. The standard InChI is InChI=1S/C21H32N2O4/c1-6-26-19(24)17-12-13-23(20(25)27-21(3,4)5)14-18(17)22-15(2)16-10-8-7-9-11-16/h7-11,15,17-18,22H,6,12-14H2,1-5H3/p+1/t15-,17-,18+/m0/s1. The highest BCUT2D eigenvalue weighted by Gasteiger charge is 2.41. The van der Waals surface area contributed by atoms with E-state index >= 15 is 0 Å². The van der Waals surface area contributed by atoms with Crippen molar-refractivity contribution < 1.29 is 24.4 Å². The molecule has 1 fully saturated rings. The van der Waals surface area contributed by atoms with Crippen LogP contribution in [0.4, 0.5) is 4.79 Å². The maximum absolute atomic E-state index is 12.5. The molecule has 1 aliphatic rings. The molecule has 0 bridgehead atoms. The molecule has 1 aliphatic heterocycles. The number of benzene rings is 1. The summed E-state index contributed by atoms with van der Waals surface area (Å²) in [7, 11) is 0. The SMILES string of the molecule is CCOC(=O)[C@H]1CCN(C(=O)OC(C)(C)C)C[C@H]1[NH2+][C@@H](C)c1ccccc1. The van der Waals surface area contributed by atoms with Crippen molar-refractivity contribution in [1.29, 1.82) is 0 Å². The van der Waals surface area contributed by atoms with Crippen molar-refractivity contribution in [3.8, 4) is 0 Å². The zero-order valence-corrected chi connectivity index (χ0v) is 17.1. The van der Waals surface area contributed by atoms with E-state index in [-0.39, 0.29) is 30.1 Å². The monoisotopic (exact) mass is 377 g/mol. The highest BCUT2D eigenvalue weighted by molar-refractivity contribution is 5.74. The molecular weight excluding hydrogens is 344 g/mol. The second-order valence-electron chi connectivity index (χ2n) is 8.13. The summed E-state index contributed by atoms with van der Waals surface area (Å²) in [5.41, 5.74) is 0.653. The number of ether oxygens (including phenoxy) is 2. The van der Waals surface area contributed by atoms with Crippen molar-refractivity contribution in [2.45, 2.75) is 58.7 Å². The van der Waals surface area contributed by atoms with Gasteiger partial charge >= 0.3 is 12.1 Å². The number of nitrogens with zero attached hydrogens (tertiary/aromatic N) is 1. The second-order valence-corrected chi connectivity index (χ2v) is 8.13. The van der Waals surface area contributed by atoms with Crippen molar-refractivity contribution in [2.24, 2.45) is 5.92 Å². The molecule has 3 atom stereocenters. The Morgan fingerprint density at radius 1 is 1.26 bits per heavy atom. The lowest BCUT2D eigenvalue weighted by atomic mass is 9.90. The summed E-state index contributed by atoms with van der Waals surface area (Å²) in [5.74, 6) is -0.405. The number of carbonyl (C=O) groups is 2. The van der Waals surface area contributed by atoms with Crippen LogP contribution in [0.5, 0.6) is 0 Å². The molecule has 0 aromatic heterocycles. The summed E-state index contributed by atoms with van der Waals surface area (Å²) in [6, 6.07) is 10.3. The van der Waals surface area contributed by atoms with Gasteiger partial charge in [0.25, 0.3) is 0 Å². The van der Waals surface area contributed by atoms with Gasteiger partial charge in [0.2, 0.25) is 0 Å². The van der Waals surface area contributed by atoms with Gasteiger partial charge in [-0.05, 0) is 41.0 Å². The number of quaternary nitrogens is 1. The number of amides is 1. The summed E-state index contributed by atoms with van der Waals surface area (Å²) in [6.07, 6.45) is 0.261. The number of hydrogen-bond acceptors (Lipinski definition) is 4. The Morgan fingerprint density at radius 3 is 2.52 bits per heavy atom. The molecule has 6 heteroatoms. The first-order chi connectivity index (χ1) is 12.7. The first-order valence-corrected chi connectivity index (χ1v) is 9.75. The van der Waals surface area contributed by atoms with Crippen LogP contribution >= 0.6 is 0 Å². The smallest absolute Gasteiger partial charge is 0.410 e. The fraction of sp³-hybridized carbons (Fsp3) is 0.619. The zero-order valence-electron chi connectivity index (χ0n) is 17.1. The molecule has 1 saturated heterocycles. The largest absolute Gasteiger partial charge is 0.466 e. The van der Waals surface area contributed by atoms with Gasteiger partial charge in [-0.25, -0.2) is 4.79 Å². The van der Waals surface area contributed by atoms with Gasteiger partial charge in [-0.3, -0.25) is 4.79 Å². The summed E-state index contributed by atoms with van der Waals surface area (Å²) >= 11 is 0. The number of rotatable bonds is 5. The van der Waals surface area contributed by atoms with E-state index in [0.717, 1.165) is 0 Å². The molecule has 1 aromatic rings. The first-order valence-electron chi connectivity index (χ1n) is 9.75. The average Bonchev–Trinajstić information content (AvgIpc) is 2.61. The van der Waals surface area contributed by atoms with Crippen molar-refractivity contribution >= 4 is 12.1 Å². The Balaban J connectivity index is 2.12. The van der Waals surface area contributed by atoms with E-state index in [2.05, 4.69) is 24.4 Å². The normalized spacial score (nSPS) is 21.4. The summed E-state index contributed by atoms with van der Waals surface area (Å²) < 4.78 is 10.8. The number of likely N-dealkylation sites (tertiary alicyclic amines) is 1. The Labute approximate surface area is 162 Å². The van der Waals surface area contributed by atoms with Crippen LogP contribution in [0, 0.1) is 5.92 Å². The Hall–Kier alpha value is -2.08. The van der Waals surface area contributed by atoms with Crippen LogP contribution in [0.2, 0.25) is 0 Å². The van der Waals surface area contributed by atoms with Gasteiger partial charge in [-0.1, -0.05) is 30.3 Å². The van der Waals surface area contributed by atoms with Gasteiger partial charge in [0.05, 0.1) is 13.2 Å². The van der Waals surface area contributed by atoms with E-state index in [9.17, 15) is 9.59 Å². The van der Waals surface area contributed by atoms with Crippen LogP contribution < -0.4 is 5.32 Å². The maximum atomic E-state index is 12.5. The van der Waals surface area contributed by atoms with Crippen LogP contribution in [-0.4, -0.2) is 48.3 Å². The van der Waals surface area contributed by atoms with Crippen molar-refractivity contribution in [3.05, 3.63) is 35.9 Å². The molecule has 0 saturated carbocycles. The van der Waals surface area contributed by atoms with E-state index in [0.29, 0.717) is 26.1 Å². The maximum Gasteiger partial charge on any atom is 0.410 e. The molecule has 150 valence electrons. The number of nitrogens with two attached hydrogens (primary N) is 1. The summed E-state index contributed by atoms with van der Waals surface area (Å²) in [5, 5.41) is 2.17. The van der Waals surface area contributed by atoms with E-state index in [1.807, 2.05) is 45.9 Å². The number of esters is 1.